The minimum atomic E-state index is -0.345. The van der Waals surface area contributed by atoms with Crippen LogP contribution in [-0.2, 0) is 13.2 Å². The maximum Gasteiger partial charge on any atom is 0.124 e. The van der Waals surface area contributed by atoms with Crippen molar-refractivity contribution >= 4 is 27.5 Å². The predicted molar refractivity (Wildman–Crippen MR) is 97.9 cm³/mol. The first-order valence-electron chi connectivity index (χ1n) is 7.42. The molecule has 0 saturated heterocycles. The van der Waals surface area contributed by atoms with E-state index in [2.05, 4.69) is 21.2 Å². The summed E-state index contributed by atoms with van der Waals surface area (Å²) < 4.78 is 6.94. The fourth-order valence-electron chi connectivity index (χ4n) is 1.99. The molecule has 2 aromatic carbocycles. The molecule has 0 aliphatic rings. The van der Waals surface area contributed by atoms with Gasteiger partial charge in [-0.2, -0.15) is 0 Å². The molecule has 0 saturated carbocycles. The summed E-state index contributed by atoms with van der Waals surface area (Å²) in [6.45, 7) is 4.99. The molecule has 0 unspecified atom stereocenters. The summed E-state index contributed by atoms with van der Waals surface area (Å²) >= 11 is 9.66. The van der Waals surface area contributed by atoms with Crippen LogP contribution in [0.15, 0.2) is 46.9 Å². The highest BCUT2D eigenvalue weighted by atomic mass is 79.9. The van der Waals surface area contributed by atoms with Crippen LogP contribution in [-0.4, -0.2) is 17.3 Å². The maximum atomic E-state index is 9.36. The predicted octanol–water partition coefficient (Wildman–Crippen LogP) is 4.54. The molecule has 0 spiro atoms. The number of benzene rings is 2. The van der Waals surface area contributed by atoms with E-state index in [9.17, 15) is 5.11 Å². The second kappa shape index (κ2) is 8.15. The Kier molecular flexibility index (Phi) is 6.48. The Morgan fingerprint density at radius 3 is 2.61 bits per heavy atom. The second-order valence-electron chi connectivity index (χ2n) is 6.03. The van der Waals surface area contributed by atoms with Crippen LogP contribution in [0.5, 0.6) is 5.75 Å². The Hall–Kier alpha value is -1.07. The molecule has 0 aliphatic heterocycles. The number of aliphatic hydroxyl groups is 1. The lowest BCUT2D eigenvalue weighted by atomic mass is 10.1. The van der Waals surface area contributed by atoms with Crippen molar-refractivity contribution < 1.29 is 9.84 Å². The minimum absolute atomic E-state index is 0.0663. The molecular weight excluding hydrogens is 378 g/mol. The molecule has 0 radical (unpaired) electrons. The number of rotatable bonds is 7. The van der Waals surface area contributed by atoms with Crippen LogP contribution in [0.2, 0.25) is 5.02 Å². The third-order valence-corrected chi connectivity index (χ3v) is 4.38. The molecule has 0 aliphatic carbocycles. The molecule has 0 heterocycles. The van der Waals surface area contributed by atoms with Gasteiger partial charge in [-0.25, -0.2) is 0 Å². The SMILES string of the molecule is CC(C)(CO)NCc1cc(Br)ccc1OCc1ccccc1Cl. The number of halogens is 2. The van der Waals surface area contributed by atoms with Crippen LogP contribution < -0.4 is 10.1 Å². The van der Waals surface area contributed by atoms with Gasteiger partial charge in [0.25, 0.3) is 0 Å². The summed E-state index contributed by atoms with van der Waals surface area (Å²) in [4.78, 5) is 0. The van der Waals surface area contributed by atoms with Crippen LogP contribution in [0.25, 0.3) is 0 Å². The van der Waals surface area contributed by atoms with Gasteiger partial charge in [-0.05, 0) is 38.1 Å². The molecule has 2 rings (SSSR count). The molecule has 3 nitrogen and oxygen atoms in total. The summed E-state index contributed by atoms with van der Waals surface area (Å²) in [5.41, 5.74) is 1.63. The van der Waals surface area contributed by atoms with E-state index in [4.69, 9.17) is 16.3 Å². The van der Waals surface area contributed by atoms with Crippen LogP contribution in [0.1, 0.15) is 25.0 Å². The molecule has 2 N–H and O–H groups in total. The number of hydrogen-bond acceptors (Lipinski definition) is 3. The fourth-order valence-corrected chi connectivity index (χ4v) is 2.59. The summed E-state index contributed by atoms with van der Waals surface area (Å²) in [5.74, 6) is 0.800. The Morgan fingerprint density at radius 2 is 1.91 bits per heavy atom. The molecule has 0 atom stereocenters. The maximum absolute atomic E-state index is 9.36. The molecule has 5 heteroatoms. The average molecular weight is 399 g/mol. The number of ether oxygens (including phenoxy) is 1. The smallest absolute Gasteiger partial charge is 0.124 e. The van der Waals surface area contributed by atoms with Crippen molar-refractivity contribution in [2.75, 3.05) is 6.61 Å². The topological polar surface area (TPSA) is 41.5 Å². The van der Waals surface area contributed by atoms with Gasteiger partial charge in [0.15, 0.2) is 0 Å². The Balaban J connectivity index is 2.10. The molecule has 0 amide bonds. The van der Waals surface area contributed by atoms with Gasteiger partial charge in [0.2, 0.25) is 0 Å². The van der Waals surface area contributed by atoms with Gasteiger partial charge in [0, 0.05) is 32.7 Å². The first kappa shape index (κ1) is 18.3. The monoisotopic (exact) mass is 397 g/mol. The van der Waals surface area contributed by atoms with Gasteiger partial charge < -0.3 is 15.2 Å². The van der Waals surface area contributed by atoms with E-state index >= 15 is 0 Å². The Morgan fingerprint density at radius 1 is 1.17 bits per heavy atom. The number of aliphatic hydroxyl groups excluding tert-OH is 1. The highest BCUT2D eigenvalue weighted by Crippen LogP contribution is 2.26. The molecule has 23 heavy (non-hydrogen) atoms. The van der Waals surface area contributed by atoms with E-state index in [1.165, 1.54) is 0 Å². The summed E-state index contributed by atoms with van der Waals surface area (Å²) in [6.07, 6.45) is 0. The van der Waals surface area contributed by atoms with E-state index < -0.39 is 0 Å². The molecular formula is C18H21BrClNO2. The molecule has 0 aromatic heterocycles. The van der Waals surface area contributed by atoms with E-state index in [1.807, 2.05) is 56.3 Å². The first-order valence-corrected chi connectivity index (χ1v) is 8.59. The zero-order valence-corrected chi connectivity index (χ0v) is 15.6. The third-order valence-electron chi connectivity index (χ3n) is 3.52. The second-order valence-corrected chi connectivity index (χ2v) is 7.35. The van der Waals surface area contributed by atoms with Crippen LogP contribution >= 0.6 is 27.5 Å². The van der Waals surface area contributed by atoms with Gasteiger partial charge in [0.05, 0.1) is 6.61 Å². The van der Waals surface area contributed by atoms with Gasteiger partial charge >= 0.3 is 0 Å². The normalized spacial score (nSPS) is 11.5. The molecule has 124 valence electrons. The van der Waals surface area contributed by atoms with Crippen LogP contribution in [0.3, 0.4) is 0 Å². The van der Waals surface area contributed by atoms with Crippen molar-refractivity contribution in [2.45, 2.75) is 32.5 Å². The van der Waals surface area contributed by atoms with Crippen molar-refractivity contribution in [1.29, 1.82) is 0 Å². The van der Waals surface area contributed by atoms with Crippen molar-refractivity contribution in [3.8, 4) is 5.75 Å². The summed E-state index contributed by atoms with van der Waals surface area (Å²) in [7, 11) is 0. The van der Waals surface area contributed by atoms with Crippen molar-refractivity contribution in [3.63, 3.8) is 0 Å². The van der Waals surface area contributed by atoms with Gasteiger partial charge in [0.1, 0.15) is 12.4 Å². The van der Waals surface area contributed by atoms with Crippen LogP contribution in [0, 0.1) is 0 Å². The number of nitrogens with one attached hydrogen (secondary N) is 1. The Labute approximate surface area is 150 Å². The highest BCUT2D eigenvalue weighted by Gasteiger charge is 2.16. The summed E-state index contributed by atoms with van der Waals surface area (Å²) in [5, 5.41) is 13.4. The van der Waals surface area contributed by atoms with E-state index in [-0.39, 0.29) is 12.1 Å². The van der Waals surface area contributed by atoms with Crippen molar-refractivity contribution in [2.24, 2.45) is 0 Å². The van der Waals surface area contributed by atoms with Crippen molar-refractivity contribution in [1.82, 2.24) is 5.32 Å². The van der Waals surface area contributed by atoms with E-state index in [0.717, 1.165) is 21.3 Å². The Bertz CT molecular complexity index is 661. The van der Waals surface area contributed by atoms with E-state index in [1.54, 1.807) is 0 Å². The standard InChI is InChI=1S/C18H21BrClNO2/c1-18(2,12-22)21-10-14-9-15(19)7-8-17(14)23-11-13-5-3-4-6-16(13)20/h3-9,21-22H,10-12H2,1-2H3. The van der Waals surface area contributed by atoms with Crippen LogP contribution in [0.4, 0.5) is 0 Å². The zero-order chi connectivity index (χ0) is 16.9. The number of hydrogen-bond donors (Lipinski definition) is 2. The van der Waals surface area contributed by atoms with Crippen molar-refractivity contribution in [3.05, 3.63) is 63.1 Å². The highest BCUT2D eigenvalue weighted by molar-refractivity contribution is 9.10. The minimum Gasteiger partial charge on any atom is -0.489 e. The third kappa shape index (κ3) is 5.50. The lowest BCUT2D eigenvalue weighted by molar-refractivity contribution is 0.186. The molecule has 2 aromatic rings. The van der Waals surface area contributed by atoms with Gasteiger partial charge in [-0.3, -0.25) is 0 Å². The zero-order valence-electron chi connectivity index (χ0n) is 13.3. The lowest BCUT2D eigenvalue weighted by Crippen LogP contribution is -2.42. The molecule has 0 bridgehead atoms. The van der Waals surface area contributed by atoms with Gasteiger partial charge in [-0.15, -0.1) is 0 Å². The largest absolute Gasteiger partial charge is 0.489 e. The lowest BCUT2D eigenvalue weighted by Gasteiger charge is -2.24. The van der Waals surface area contributed by atoms with E-state index in [0.29, 0.717) is 18.2 Å². The average Bonchev–Trinajstić information content (AvgIpc) is 2.53. The first-order chi connectivity index (χ1) is 10.9. The molecule has 0 fully saturated rings. The fraction of sp³-hybridized carbons (Fsp3) is 0.333. The van der Waals surface area contributed by atoms with Gasteiger partial charge in [-0.1, -0.05) is 45.7 Å². The summed E-state index contributed by atoms with van der Waals surface area (Å²) in [6, 6.07) is 13.5. The quantitative estimate of drug-likeness (QED) is 0.719.